The van der Waals surface area contributed by atoms with E-state index in [1.54, 1.807) is 12.1 Å². The highest BCUT2D eigenvalue weighted by Gasteiger charge is 2.09. The Labute approximate surface area is 95.1 Å². The van der Waals surface area contributed by atoms with Crippen molar-refractivity contribution in [1.82, 2.24) is 15.0 Å². The van der Waals surface area contributed by atoms with Gasteiger partial charge in [0, 0.05) is 11.8 Å². The van der Waals surface area contributed by atoms with Gasteiger partial charge >= 0.3 is 0 Å². The number of H-pyrrole nitrogens is 1. The van der Waals surface area contributed by atoms with Crippen molar-refractivity contribution >= 4 is 11.0 Å². The van der Waals surface area contributed by atoms with Crippen LogP contribution in [0.2, 0.25) is 0 Å². The minimum absolute atomic E-state index is 0.242. The molecule has 0 aliphatic rings. The van der Waals surface area contributed by atoms with Gasteiger partial charge in [-0.05, 0) is 18.2 Å². The average Bonchev–Trinajstić information content (AvgIpc) is 2.74. The lowest BCUT2D eigenvalue weighted by molar-refractivity contribution is 0.622. The number of benzene rings is 1. The zero-order valence-electron chi connectivity index (χ0n) is 8.61. The Morgan fingerprint density at radius 3 is 2.76 bits per heavy atom. The molecule has 0 radical (unpaired) electrons. The van der Waals surface area contributed by atoms with Crippen LogP contribution < -0.4 is 0 Å². The van der Waals surface area contributed by atoms with Crippen LogP contribution in [0.1, 0.15) is 0 Å². The van der Waals surface area contributed by atoms with Gasteiger partial charge < -0.3 is 4.98 Å². The first-order chi connectivity index (χ1) is 8.24. The van der Waals surface area contributed by atoms with E-state index in [0.29, 0.717) is 16.9 Å². The van der Waals surface area contributed by atoms with Crippen LogP contribution >= 0.6 is 0 Å². The first kappa shape index (κ1) is 9.89. The largest absolute Gasteiger partial charge is 0.338 e. The highest BCUT2D eigenvalue weighted by molar-refractivity contribution is 5.79. The number of aromatic nitrogens is 3. The SMILES string of the molecule is Fc1cncc(-c2nc3c(F)cccc3[nH]2)c1. The van der Waals surface area contributed by atoms with Crippen LogP contribution in [0, 0.1) is 11.6 Å². The number of nitrogens with one attached hydrogen (secondary N) is 1. The molecule has 0 spiro atoms. The summed E-state index contributed by atoms with van der Waals surface area (Å²) in [5, 5.41) is 0. The number of nitrogens with zero attached hydrogens (tertiary/aromatic N) is 2. The number of aromatic amines is 1. The van der Waals surface area contributed by atoms with E-state index in [-0.39, 0.29) is 5.52 Å². The van der Waals surface area contributed by atoms with Crippen LogP contribution in [0.15, 0.2) is 36.7 Å². The molecular weight excluding hydrogens is 224 g/mol. The summed E-state index contributed by atoms with van der Waals surface area (Å²) in [4.78, 5) is 10.7. The molecule has 0 bridgehead atoms. The quantitative estimate of drug-likeness (QED) is 0.699. The molecule has 1 N–H and O–H groups in total. The maximum Gasteiger partial charge on any atom is 0.151 e. The number of hydrogen-bond acceptors (Lipinski definition) is 2. The molecule has 0 aliphatic heterocycles. The van der Waals surface area contributed by atoms with Gasteiger partial charge in [-0.2, -0.15) is 0 Å². The van der Waals surface area contributed by atoms with E-state index in [2.05, 4.69) is 15.0 Å². The summed E-state index contributed by atoms with van der Waals surface area (Å²) in [6, 6.07) is 5.92. The van der Waals surface area contributed by atoms with Crippen molar-refractivity contribution in [3.8, 4) is 11.4 Å². The second kappa shape index (κ2) is 3.62. The fourth-order valence-corrected chi connectivity index (χ4v) is 1.68. The fraction of sp³-hybridized carbons (Fsp3) is 0. The zero-order chi connectivity index (χ0) is 11.8. The number of halogens is 2. The van der Waals surface area contributed by atoms with Crippen molar-refractivity contribution < 1.29 is 8.78 Å². The maximum absolute atomic E-state index is 13.4. The molecule has 1 aromatic carbocycles. The maximum atomic E-state index is 13.4. The molecule has 3 nitrogen and oxygen atoms in total. The van der Waals surface area contributed by atoms with Crippen LogP contribution in [-0.4, -0.2) is 15.0 Å². The van der Waals surface area contributed by atoms with Gasteiger partial charge in [0.15, 0.2) is 5.82 Å². The number of imidazole rings is 1. The van der Waals surface area contributed by atoms with E-state index < -0.39 is 11.6 Å². The summed E-state index contributed by atoms with van der Waals surface area (Å²) in [6.07, 6.45) is 2.57. The molecule has 5 heteroatoms. The van der Waals surface area contributed by atoms with Gasteiger partial charge in [0.25, 0.3) is 0 Å². The number of rotatable bonds is 1. The predicted octanol–water partition coefficient (Wildman–Crippen LogP) is 2.90. The van der Waals surface area contributed by atoms with E-state index >= 15 is 0 Å². The molecule has 0 saturated heterocycles. The van der Waals surface area contributed by atoms with Gasteiger partial charge in [0.05, 0.1) is 11.7 Å². The van der Waals surface area contributed by atoms with Crippen LogP contribution in [0.3, 0.4) is 0 Å². The molecule has 2 heterocycles. The van der Waals surface area contributed by atoms with E-state index in [9.17, 15) is 8.78 Å². The summed E-state index contributed by atoms with van der Waals surface area (Å²) >= 11 is 0. The second-order valence-corrected chi connectivity index (χ2v) is 3.61. The van der Waals surface area contributed by atoms with Gasteiger partial charge in [0.1, 0.15) is 17.2 Å². The molecule has 0 atom stereocenters. The molecule has 17 heavy (non-hydrogen) atoms. The van der Waals surface area contributed by atoms with Crippen molar-refractivity contribution in [2.75, 3.05) is 0 Å². The summed E-state index contributed by atoms with van der Waals surface area (Å²) in [7, 11) is 0. The molecule has 0 unspecified atom stereocenters. The molecule has 2 aromatic heterocycles. The second-order valence-electron chi connectivity index (χ2n) is 3.61. The minimum Gasteiger partial charge on any atom is -0.338 e. The number of pyridine rings is 1. The third-order valence-electron chi connectivity index (χ3n) is 2.44. The average molecular weight is 231 g/mol. The van der Waals surface area contributed by atoms with Crippen molar-refractivity contribution in [2.24, 2.45) is 0 Å². The molecular formula is C12H7F2N3. The highest BCUT2D eigenvalue weighted by Crippen LogP contribution is 2.21. The smallest absolute Gasteiger partial charge is 0.151 e. The Morgan fingerprint density at radius 2 is 2.00 bits per heavy atom. The lowest BCUT2D eigenvalue weighted by atomic mass is 10.3. The first-order valence-corrected chi connectivity index (χ1v) is 4.99. The monoisotopic (exact) mass is 231 g/mol. The van der Waals surface area contributed by atoms with E-state index in [4.69, 9.17) is 0 Å². The number of para-hydroxylation sites is 1. The molecule has 3 rings (SSSR count). The summed E-state index contributed by atoms with van der Waals surface area (Å²) in [5.41, 5.74) is 1.30. The summed E-state index contributed by atoms with van der Waals surface area (Å²) in [6.45, 7) is 0. The molecule has 0 fully saturated rings. The highest BCUT2D eigenvalue weighted by atomic mass is 19.1. The van der Waals surface area contributed by atoms with Gasteiger partial charge in [-0.15, -0.1) is 0 Å². The van der Waals surface area contributed by atoms with Gasteiger partial charge in [-0.3, -0.25) is 4.98 Å². The number of hydrogen-bond donors (Lipinski definition) is 1. The lowest BCUT2D eigenvalue weighted by Gasteiger charge is -1.94. The van der Waals surface area contributed by atoms with Crippen LogP contribution in [0.5, 0.6) is 0 Å². The predicted molar refractivity (Wildman–Crippen MR) is 59.2 cm³/mol. The van der Waals surface area contributed by atoms with Gasteiger partial charge in [-0.1, -0.05) is 6.07 Å². The van der Waals surface area contributed by atoms with E-state index in [1.807, 2.05) is 0 Å². The van der Waals surface area contributed by atoms with E-state index in [0.717, 1.165) is 6.20 Å². The number of fused-ring (bicyclic) bond motifs is 1. The third-order valence-corrected chi connectivity index (χ3v) is 2.44. The van der Waals surface area contributed by atoms with Crippen LogP contribution in [-0.2, 0) is 0 Å². The molecule has 0 saturated carbocycles. The van der Waals surface area contributed by atoms with Crippen molar-refractivity contribution in [3.05, 3.63) is 48.3 Å². The Balaban J connectivity index is 2.22. The Hall–Kier alpha value is -2.30. The standard InChI is InChI=1S/C12H7F2N3/c13-8-4-7(5-15-6-8)12-16-10-3-1-2-9(14)11(10)17-12/h1-6H,(H,16,17). The fourth-order valence-electron chi connectivity index (χ4n) is 1.68. The lowest BCUT2D eigenvalue weighted by Crippen LogP contribution is -1.84. The molecule has 0 aliphatic carbocycles. The van der Waals surface area contributed by atoms with Crippen LogP contribution in [0.25, 0.3) is 22.4 Å². The van der Waals surface area contributed by atoms with Gasteiger partial charge in [-0.25, -0.2) is 13.8 Å². The minimum atomic E-state index is -0.455. The van der Waals surface area contributed by atoms with Crippen molar-refractivity contribution in [2.45, 2.75) is 0 Å². The Kier molecular flexibility index (Phi) is 2.11. The summed E-state index contributed by atoms with van der Waals surface area (Å²) < 4.78 is 26.4. The third kappa shape index (κ3) is 1.65. The van der Waals surface area contributed by atoms with Gasteiger partial charge in [0.2, 0.25) is 0 Å². The van der Waals surface area contributed by atoms with Crippen LogP contribution in [0.4, 0.5) is 8.78 Å². The topological polar surface area (TPSA) is 41.6 Å². The molecule has 3 aromatic rings. The summed E-state index contributed by atoms with van der Waals surface area (Å²) in [5.74, 6) is -0.463. The molecule has 0 amide bonds. The Bertz CT molecular complexity index is 691. The zero-order valence-corrected chi connectivity index (χ0v) is 8.61. The Morgan fingerprint density at radius 1 is 1.12 bits per heavy atom. The van der Waals surface area contributed by atoms with Crippen molar-refractivity contribution in [1.29, 1.82) is 0 Å². The van der Waals surface area contributed by atoms with E-state index in [1.165, 1.54) is 18.3 Å². The van der Waals surface area contributed by atoms with Crippen molar-refractivity contribution in [3.63, 3.8) is 0 Å². The molecule has 84 valence electrons. The normalized spacial score (nSPS) is 10.9. The first-order valence-electron chi connectivity index (χ1n) is 4.99.